The third kappa shape index (κ3) is 3.08. The largest absolute Gasteiger partial charge is 0.296 e. The fourth-order valence-electron chi connectivity index (χ4n) is 2.08. The molecule has 1 heterocycles. The number of hydrogen-bond donors (Lipinski definition) is 1. The predicted octanol–water partition coefficient (Wildman–Crippen LogP) is 1.84. The second kappa shape index (κ2) is 5.36. The Morgan fingerprint density at radius 2 is 2.16 bits per heavy atom. The van der Waals surface area contributed by atoms with Gasteiger partial charge in [-0.1, -0.05) is 17.7 Å². The van der Waals surface area contributed by atoms with Crippen molar-refractivity contribution in [1.29, 1.82) is 0 Å². The highest BCUT2D eigenvalue weighted by Gasteiger charge is 2.28. The Hall–Kier alpha value is -1.95. The number of imide groups is 1. The Balaban J connectivity index is 2.21. The molecule has 0 bridgehead atoms. The van der Waals surface area contributed by atoms with E-state index in [4.69, 9.17) is 11.6 Å². The van der Waals surface area contributed by atoms with E-state index in [1.165, 1.54) is 6.07 Å². The van der Waals surface area contributed by atoms with Crippen LogP contribution in [0.25, 0.3) is 0 Å². The summed E-state index contributed by atoms with van der Waals surface area (Å²) in [6, 6.07) is 4.36. The van der Waals surface area contributed by atoms with Gasteiger partial charge in [0.2, 0.25) is 11.8 Å². The quantitative estimate of drug-likeness (QED) is 0.520. The summed E-state index contributed by atoms with van der Waals surface area (Å²) in [7, 11) is 0. The van der Waals surface area contributed by atoms with Gasteiger partial charge in [-0.3, -0.25) is 25.0 Å². The second-order valence-electron chi connectivity index (χ2n) is 4.38. The lowest BCUT2D eigenvalue weighted by Crippen LogP contribution is -2.41. The predicted molar refractivity (Wildman–Crippen MR) is 67.7 cm³/mol. The fourth-order valence-corrected chi connectivity index (χ4v) is 2.24. The molecule has 2 rings (SSSR count). The number of amides is 2. The van der Waals surface area contributed by atoms with E-state index in [2.05, 4.69) is 5.32 Å². The number of nitrogens with zero attached hydrogens (tertiary/aromatic N) is 1. The molecule has 0 aromatic heterocycles. The smallest absolute Gasteiger partial charge is 0.274 e. The lowest BCUT2D eigenvalue weighted by Gasteiger charge is -2.20. The van der Waals surface area contributed by atoms with Gasteiger partial charge in [0.05, 0.1) is 4.92 Å². The van der Waals surface area contributed by atoms with Crippen molar-refractivity contribution in [2.75, 3.05) is 0 Å². The van der Waals surface area contributed by atoms with Crippen LogP contribution in [0, 0.1) is 16.0 Å². The van der Waals surface area contributed by atoms with E-state index in [0.717, 1.165) is 0 Å². The van der Waals surface area contributed by atoms with Crippen LogP contribution in [0.4, 0.5) is 5.69 Å². The Labute approximate surface area is 113 Å². The van der Waals surface area contributed by atoms with E-state index in [0.29, 0.717) is 12.0 Å². The van der Waals surface area contributed by atoms with Crippen LogP contribution < -0.4 is 5.32 Å². The summed E-state index contributed by atoms with van der Waals surface area (Å²) >= 11 is 5.72. The molecule has 2 amide bonds. The van der Waals surface area contributed by atoms with E-state index >= 15 is 0 Å². The molecule has 0 saturated carbocycles. The van der Waals surface area contributed by atoms with Crippen LogP contribution in [0.3, 0.4) is 0 Å². The van der Waals surface area contributed by atoms with Crippen LogP contribution >= 0.6 is 11.6 Å². The molecule has 19 heavy (non-hydrogen) atoms. The number of nitrogens with one attached hydrogen (secondary N) is 1. The number of halogens is 1. The maximum absolute atomic E-state index is 11.6. The normalized spacial score (nSPS) is 19.1. The lowest BCUT2D eigenvalue weighted by molar-refractivity contribution is -0.385. The van der Waals surface area contributed by atoms with Gasteiger partial charge in [-0.2, -0.15) is 0 Å². The zero-order chi connectivity index (χ0) is 14.0. The summed E-state index contributed by atoms with van der Waals surface area (Å²) in [5, 5.41) is 13.5. The van der Waals surface area contributed by atoms with Gasteiger partial charge in [-0.05, 0) is 18.9 Å². The monoisotopic (exact) mass is 282 g/mol. The zero-order valence-electron chi connectivity index (χ0n) is 9.89. The maximum Gasteiger partial charge on any atom is 0.274 e. The molecular weight excluding hydrogens is 272 g/mol. The van der Waals surface area contributed by atoms with Crippen LogP contribution in [0.2, 0.25) is 5.02 Å². The molecule has 1 aromatic rings. The molecule has 0 radical (unpaired) electrons. The second-order valence-corrected chi connectivity index (χ2v) is 4.82. The van der Waals surface area contributed by atoms with Gasteiger partial charge in [0.1, 0.15) is 0 Å². The van der Waals surface area contributed by atoms with Crippen molar-refractivity contribution in [3.8, 4) is 0 Å². The van der Waals surface area contributed by atoms with Crippen molar-refractivity contribution in [2.45, 2.75) is 19.3 Å². The summed E-state index contributed by atoms with van der Waals surface area (Å²) in [5.41, 5.74) is 0.348. The van der Waals surface area contributed by atoms with Gasteiger partial charge in [0, 0.05) is 29.0 Å². The average Bonchev–Trinajstić information content (AvgIpc) is 2.34. The molecular formula is C12H11ClN2O4. The highest BCUT2D eigenvalue weighted by molar-refractivity contribution is 6.30. The van der Waals surface area contributed by atoms with E-state index < -0.39 is 10.8 Å². The number of piperidine rings is 1. The van der Waals surface area contributed by atoms with Crippen LogP contribution in [0.15, 0.2) is 18.2 Å². The Kier molecular flexibility index (Phi) is 3.80. The Morgan fingerprint density at radius 3 is 2.79 bits per heavy atom. The van der Waals surface area contributed by atoms with E-state index in [9.17, 15) is 19.7 Å². The van der Waals surface area contributed by atoms with Crippen LogP contribution in [-0.2, 0) is 16.0 Å². The minimum Gasteiger partial charge on any atom is -0.296 e. The fraction of sp³-hybridized carbons (Fsp3) is 0.333. The molecule has 1 saturated heterocycles. The van der Waals surface area contributed by atoms with Crippen molar-refractivity contribution in [2.24, 2.45) is 5.92 Å². The number of nitro benzene ring substituents is 1. The zero-order valence-corrected chi connectivity index (χ0v) is 10.6. The molecule has 1 fully saturated rings. The SMILES string of the molecule is O=C1CCC(Cc2ccc(Cl)cc2[N+](=O)[O-])C(=O)N1. The first-order valence-corrected chi connectivity index (χ1v) is 6.11. The first-order chi connectivity index (χ1) is 8.97. The van der Waals surface area contributed by atoms with Crippen molar-refractivity contribution < 1.29 is 14.5 Å². The molecule has 0 aliphatic carbocycles. The van der Waals surface area contributed by atoms with Crippen LogP contribution in [0.5, 0.6) is 0 Å². The molecule has 1 aliphatic heterocycles. The molecule has 1 atom stereocenters. The summed E-state index contributed by atoms with van der Waals surface area (Å²) in [6.07, 6.45) is 0.898. The van der Waals surface area contributed by atoms with Gasteiger partial charge >= 0.3 is 0 Å². The number of nitro groups is 1. The van der Waals surface area contributed by atoms with Gasteiger partial charge < -0.3 is 0 Å². The van der Waals surface area contributed by atoms with Crippen molar-refractivity contribution in [3.63, 3.8) is 0 Å². The third-order valence-electron chi connectivity index (χ3n) is 3.06. The topological polar surface area (TPSA) is 89.3 Å². The third-order valence-corrected chi connectivity index (χ3v) is 3.30. The first-order valence-electron chi connectivity index (χ1n) is 5.74. The summed E-state index contributed by atoms with van der Waals surface area (Å²) < 4.78 is 0. The molecule has 1 aromatic carbocycles. The van der Waals surface area contributed by atoms with Gasteiger partial charge in [-0.25, -0.2) is 0 Å². The Bertz CT molecular complexity index is 559. The Morgan fingerprint density at radius 1 is 1.42 bits per heavy atom. The van der Waals surface area contributed by atoms with Crippen molar-refractivity contribution in [3.05, 3.63) is 38.9 Å². The van der Waals surface area contributed by atoms with E-state index in [1.807, 2.05) is 0 Å². The van der Waals surface area contributed by atoms with Crippen molar-refractivity contribution in [1.82, 2.24) is 5.32 Å². The molecule has 1 aliphatic rings. The van der Waals surface area contributed by atoms with Crippen LogP contribution in [0.1, 0.15) is 18.4 Å². The maximum atomic E-state index is 11.6. The lowest BCUT2D eigenvalue weighted by atomic mass is 9.90. The minimum absolute atomic E-state index is 0.0998. The van der Waals surface area contributed by atoms with Crippen LogP contribution in [-0.4, -0.2) is 16.7 Å². The molecule has 100 valence electrons. The number of rotatable bonds is 3. The molecule has 7 heteroatoms. The summed E-state index contributed by atoms with van der Waals surface area (Å²) in [5.74, 6) is -1.09. The molecule has 1 N–H and O–H groups in total. The number of hydrogen-bond acceptors (Lipinski definition) is 4. The summed E-state index contributed by atoms with van der Waals surface area (Å²) in [6.45, 7) is 0. The van der Waals surface area contributed by atoms with Gasteiger partial charge in [-0.15, -0.1) is 0 Å². The molecule has 0 spiro atoms. The van der Waals surface area contributed by atoms with E-state index in [-0.39, 0.29) is 35.4 Å². The summed E-state index contributed by atoms with van der Waals surface area (Å²) in [4.78, 5) is 33.1. The molecule has 6 nitrogen and oxygen atoms in total. The highest BCUT2D eigenvalue weighted by Crippen LogP contribution is 2.27. The molecule has 1 unspecified atom stereocenters. The highest BCUT2D eigenvalue weighted by atomic mass is 35.5. The number of carbonyl (C=O) groups excluding carboxylic acids is 2. The van der Waals surface area contributed by atoms with Gasteiger partial charge in [0.15, 0.2) is 0 Å². The number of carbonyl (C=O) groups is 2. The minimum atomic E-state index is -0.521. The number of benzene rings is 1. The van der Waals surface area contributed by atoms with Gasteiger partial charge in [0.25, 0.3) is 5.69 Å². The average molecular weight is 283 g/mol. The van der Waals surface area contributed by atoms with Crippen molar-refractivity contribution >= 4 is 29.1 Å². The van der Waals surface area contributed by atoms with E-state index in [1.54, 1.807) is 12.1 Å². The first kappa shape index (κ1) is 13.5. The standard InChI is InChI=1S/C12H11ClN2O4/c13-9-3-1-7(10(6-9)15(18)19)5-8-2-4-11(16)14-12(8)17/h1,3,6,8H,2,4-5H2,(H,14,16,17).